The number of carbonyl (C=O) groups is 2. The molecule has 1 aliphatic heterocycles. The highest BCUT2D eigenvalue weighted by atomic mass is 35.5. The van der Waals surface area contributed by atoms with Crippen molar-refractivity contribution in [1.82, 2.24) is 4.90 Å². The van der Waals surface area contributed by atoms with Gasteiger partial charge in [-0.2, -0.15) is 13.2 Å². The predicted octanol–water partition coefficient (Wildman–Crippen LogP) is 4.46. The maximum Gasteiger partial charge on any atom is 0.432 e. The lowest BCUT2D eigenvalue weighted by Crippen LogP contribution is -2.43. The summed E-state index contributed by atoms with van der Waals surface area (Å²) in [6.45, 7) is 0.399. The van der Waals surface area contributed by atoms with E-state index in [-0.39, 0.29) is 22.2 Å². The zero-order valence-corrected chi connectivity index (χ0v) is 17.5. The number of allylic oxidation sites excluding steroid dienone is 1. The Morgan fingerprint density at radius 1 is 1.12 bits per heavy atom. The lowest BCUT2D eigenvalue weighted by Gasteiger charge is -2.22. The van der Waals surface area contributed by atoms with E-state index < -0.39 is 23.8 Å². The van der Waals surface area contributed by atoms with Crippen LogP contribution in [0.3, 0.4) is 0 Å². The first kappa shape index (κ1) is 23.3. The van der Waals surface area contributed by atoms with Gasteiger partial charge in [-0.05, 0) is 48.7 Å². The van der Waals surface area contributed by atoms with E-state index in [0.717, 1.165) is 0 Å². The van der Waals surface area contributed by atoms with Crippen LogP contribution in [-0.2, 0) is 4.79 Å². The molecule has 168 valence electrons. The van der Waals surface area contributed by atoms with Crippen LogP contribution in [0.25, 0.3) is 5.70 Å². The molecule has 1 fully saturated rings. The number of nitrogens with zero attached hydrogens (tertiary/aromatic N) is 1. The molecule has 4 N–H and O–H groups in total. The van der Waals surface area contributed by atoms with Crippen LogP contribution in [0.5, 0.6) is 0 Å². The van der Waals surface area contributed by atoms with Crippen LogP contribution in [0.4, 0.5) is 18.9 Å². The topological polar surface area (TPSA) is 99.3 Å². The number of hydrogen-bond acceptors (Lipinski definition) is 4. The molecule has 6 nitrogen and oxygen atoms in total. The van der Waals surface area contributed by atoms with Gasteiger partial charge < -0.3 is 16.0 Å². The molecule has 1 heterocycles. The van der Waals surface area contributed by atoms with E-state index in [0.29, 0.717) is 36.7 Å². The highest BCUT2D eigenvalue weighted by molar-refractivity contribution is 6.33. The zero-order chi connectivity index (χ0) is 23.5. The average Bonchev–Trinajstić information content (AvgIpc) is 3.24. The maximum absolute atomic E-state index is 13.0. The molecule has 2 amide bonds. The van der Waals surface area contributed by atoms with E-state index in [9.17, 15) is 22.8 Å². The average molecular weight is 465 g/mol. The summed E-state index contributed by atoms with van der Waals surface area (Å²) in [6, 6.07) is 11.6. The molecule has 2 aromatic rings. The lowest BCUT2D eigenvalue weighted by atomic mass is 10.1. The predicted molar refractivity (Wildman–Crippen MR) is 117 cm³/mol. The standard InChI is InChI=1S/C22H20ClF3N4O2/c23-15-4-1-2-5-16(15)29-17(12-19(27)22(24,25)26)13-7-9-14(10-8-13)21(32)30-11-3-6-18(30)20(28)31/h1-2,4-5,7-10,12,18,27,29H,3,6,11H2,(H2,28,31)/b17-12-,27-19?. The highest BCUT2D eigenvalue weighted by Gasteiger charge is 2.34. The molecular formula is C22H20ClF3N4O2. The molecule has 1 aliphatic rings. The lowest BCUT2D eigenvalue weighted by molar-refractivity contribution is -0.121. The van der Waals surface area contributed by atoms with Crippen molar-refractivity contribution in [2.45, 2.75) is 25.1 Å². The van der Waals surface area contributed by atoms with Gasteiger partial charge in [-0.1, -0.05) is 35.9 Å². The third kappa shape index (κ3) is 5.28. The van der Waals surface area contributed by atoms with Gasteiger partial charge in [0.25, 0.3) is 5.91 Å². The minimum Gasteiger partial charge on any atom is -0.368 e. The monoisotopic (exact) mass is 464 g/mol. The van der Waals surface area contributed by atoms with Crippen molar-refractivity contribution in [3.8, 4) is 0 Å². The molecule has 0 saturated carbocycles. The maximum atomic E-state index is 13.0. The van der Waals surface area contributed by atoms with Crippen molar-refractivity contribution in [3.63, 3.8) is 0 Å². The third-order valence-corrected chi connectivity index (χ3v) is 5.35. The quantitative estimate of drug-likeness (QED) is 0.550. The molecule has 3 rings (SSSR count). The Balaban J connectivity index is 1.91. The number of amides is 2. The first-order chi connectivity index (χ1) is 15.1. The van der Waals surface area contributed by atoms with Gasteiger partial charge in [0.15, 0.2) is 0 Å². The van der Waals surface area contributed by atoms with Crippen molar-refractivity contribution >= 4 is 40.5 Å². The van der Waals surface area contributed by atoms with E-state index in [1.165, 1.54) is 29.2 Å². The number of benzene rings is 2. The Labute approximate surface area is 187 Å². The number of primary amides is 1. The number of anilines is 1. The van der Waals surface area contributed by atoms with Crippen molar-refractivity contribution in [3.05, 3.63) is 70.8 Å². The smallest absolute Gasteiger partial charge is 0.368 e. The third-order valence-electron chi connectivity index (χ3n) is 5.02. The molecule has 0 aliphatic carbocycles. The van der Waals surface area contributed by atoms with Crippen LogP contribution in [0.1, 0.15) is 28.8 Å². The van der Waals surface area contributed by atoms with E-state index >= 15 is 0 Å². The highest BCUT2D eigenvalue weighted by Crippen LogP contribution is 2.28. The van der Waals surface area contributed by atoms with Crippen molar-refractivity contribution in [2.24, 2.45) is 5.73 Å². The minimum absolute atomic E-state index is 0.0180. The van der Waals surface area contributed by atoms with Crippen LogP contribution in [-0.4, -0.2) is 41.2 Å². The number of para-hydroxylation sites is 1. The van der Waals surface area contributed by atoms with Gasteiger partial charge in [0.2, 0.25) is 5.91 Å². The number of nitrogens with two attached hydrogens (primary N) is 1. The molecule has 2 aromatic carbocycles. The number of halogens is 4. The van der Waals surface area contributed by atoms with Crippen LogP contribution >= 0.6 is 11.6 Å². The summed E-state index contributed by atoms with van der Waals surface area (Å²) in [4.78, 5) is 25.7. The van der Waals surface area contributed by atoms with Gasteiger partial charge >= 0.3 is 6.18 Å². The number of rotatable bonds is 6. The Bertz CT molecular complexity index is 1070. The summed E-state index contributed by atoms with van der Waals surface area (Å²) in [5.41, 5.74) is 4.73. The van der Waals surface area contributed by atoms with Crippen molar-refractivity contribution in [1.29, 1.82) is 5.41 Å². The molecule has 1 atom stereocenters. The first-order valence-electron chi connectivity index (χ1n) is 9.67. The number of alkyl halides is 3. The van der Waals surface area contributed by atoms with Crippen molar-refractivity contribution < 1.29 is 22.8 Å². The summed E-state index contributed by atoms with van der Waals surface area (Å²) in [7, 11) is 0. The Morgan fingerprint density at radius 2 is 1.75 bits per heavy atom. The Hall–Kier alpha value is -3.33. The summed E-state index contributed by atoms with van der Waals surface area (Å²) >= 11 is 6.11. The summed E-state index contributed by atoms with van der Waals surface area (Å²) in [5, 5.41) is 10.5. The van der Waals surface area contributed by atoms with Gasteiger partial charge in [0.05, 0.1) is 10.7 Å². The number of likely N-dealkylation sites (tertiary alicyclic amines) is 1. The molecular weight excluding hydrogens is 445 g/mol. The second-order valence-corrected chi connectivity index (χ2v) is 7.62. The van der Waals surface area contributed by atoms with E-state index in [1.807, 2.05) is 0 Å². The fraction of sp³-hybridized carbons (Fsp3) is 0.227. The normalized spacial score (nSPS) is 16.7. The van der Waals surface area contributed by atoms with Crippen LogP contribution < -0.4 is 11.1 Å². The first-order valence-corrected chi connectivity index (χ1v) is 10.1. The molecule has 1 unspecified atom stereocenters. The fourth-order valence-electron chi connectivity index (χ4n) is 3.39. The van der Waals surface area contributed by atoms with Crippen LogP contribution in [0.15, 0.2) is 54.6 Å². The van der Waals surface area contributed by atoms with Crippen LogP contribution in [0, 0.1) is 5.41 Å². The zero-order valence-electron chi connectivity index (χ0n) is 16.7. The minimum atomic E-state index is -4.83. The second-order valence-electron chi connectivity index (χ2n) is 7.21. The van der Waals surface area contributed by atoms with Gasteiger partial charge in [0.1, 0.15) is 11.8 Å². The molecule has 0 radical (unpaired) electrons. The fourth-order valence-corrected chi connectivity index (χ4v) is 3.57. The molecule has 1 saturated heterocycles. The van der Waals surface area contributed by atoms with E-state index in [1.54, 1.807) is 24.3 Å². The van der Waals surface area contributed by atoms with Gasteiger partial charge in [-0.25, -0.2) is 0 Å². The summed E-state index contributed by atoms with van der Waals surface area (Å²) in [6.07, 6.45) is -3.02. The molecule has 0 bridgehead atoms. The van der Waals surface area contributed by atoms with Crippen molar-refractivity contribution in [2.75, 3.05) is 11.9 Å². The number of carbonyl (C=O) groups excluding carboxylic acids is 2. The largest absolute Gasteiger partial charge is 0.432 e. The van der Waals surface area contributed by atoms with E-state index in [2.05, 4.69) is 5.32 Å². The van der Waals surface area contributed by atoms with Gasteiger partial charge in [-0.3, -0.25) is 15.0 Å². The molecule has 0 spiro atoms. The molecule has 0 aromatic heterocycles. The number of hydrogen-bond donors (Lipinski definition) is 3. The Kier molecular flexibility index (Phi) is 6.88. The summed E-state index contributed by atoms with van der Waals surface area (Å²) < 4.78 is 38.9. The molecule has 32 heavy (non-hydrogen) atoms. The number of nitrogens with one attached hydrogen (secondary N) is 2. The van der Waals surface area contributed by atoms with Gasteiger partial charge in [-0.15, -0.1) is 0 Å². The SMILES string of the molecule is N=C(/C=C(\Nc1ccccc1Cl)c1ccc(C(=O)N2CCCC2C(N)=O)cc1)C(F)(F)F. The van der Waals surface area contributed by atoms with E-state index in [4.69, 9.17) is 22.7 Å². The Morgan fingerprint density at radius 3 is 2.34 bits per heavy atom. The molecule has 10 heteroatoms. The second kappa shape index (κ2) is 9.44. The van der Waals surface area contributed by atoms with Gasteiger partial charge in [0, 0.05) is 17.8 Å². The summed E-state index contributed by atoms with van der Waals surface area (Å²) in [5.74, 6) is -0.960. The van der Waals surface area contributed by atoms with Crippen LogP contribution in [0.2, 0.25) is 5.02 Å².